The first-order valence-electron chi connectivity index (χ1n) is 7.20. The second-order valence-corrected chi connectivity index (χ2v) is 5.12. The highest BCUT2D eigenvalue weighted by Crippen LogP contribution is 2.20. The minimum atomic E-state index is -0.0429. The highest BCUT2D eigenvalue weighted by Gasteiger charge is 2.33. The van der Waals surface area contributed by atoms with Crippen LogP contribution in [0.1, 0.15) is 36.2 Å². The molecule has 0 radical (unpaired) electrons. The first-order valence-corrected chi connectivity index (χ1v) is 7.20. The fourth-order valence-corrected chi connectivity index (χ4v) is 2.50. The first-order chi connectivity index (χ1) is 9.26. The van der Waals surface area contributed by atoms with Gasteiger partial charge in [-0.05, 0) is 31.0 Å². The molecular weight excluding hydrogens is 238 g/mol. The Balaban J connectivity index is 2.09. The quantitative estimate of drug-likeness (QED) is 0.799. The van der Waals surface area contributed by atoms with Crippen LogP contribution in [0.2, 0.25) is 0 Å². The average Bonchev–Trinajstić information content (AvgIpc) is 2.92. The summed E-state index contributed by atoms with van der Waals surface area (Å²) in [4.78, 5) is 12.6. The van der Waals surface area contributed by atoms with Crippen molar-refractivity contribution < 1.29 is 9.53 Å². The lowest BCUT2D eigenvalue weighted by Crippen LogP contribution is -2.39. The van der Waals surface area contributed by atoms with Crippen molar-refractivity contribution in [3.05, 3.63) is 35.4 Å². The second kappa shape index (κ2) is 6.83. The van der Waals surface area contributed by atoms with Gasteiger partial charge in [-0.1, -0.05) is 32.0 Å². The number of ketones is 1. The van der Waals surface area contributed by atoms with Gasteiger partial charge in [-0.25, -0.2) is 0 Å². The smallest absolute Gasteiger partial charge is 0.169 e. The molecule has 19 heavy (non-hydrogen) atoms. The van der Waals surface area contributed by atoms with Gasteiger partial charge in [0.15, 0.2) is 5.78 Å². The van der Waals surface area contributed by atoms with E-state index in [4.69, 9.17) is 4.74 Å². The standard InChI is InChI=1S/C16H23NO2/c1-3-8-17-15-11-19-10-14(15)16(18)13-7-5-6-12(4-2)9-13/h5-7,9,14-15,17H,3-4,8,10-11H2,1-2H3. The van der Waals surface area contributed by atoms with Gasteiger partial charge in [-0.15, -0.1) is 0 Å². The van der Waals surface area contributed by atoms with E-state index in [1.807, 2.05) is 18.2 Å². The average molecular weight is 261 g/mol. The van der Waals surface area contributed by atoms with E-state index in [2.05, 4.69) is 25.2 Å². The molecule has 1 aromatic carbocycles. The van der Waals surface area contributed by atoms with E-state index in [1.54, 1.807) is 0 Å². The van der Waals surface area contributed by atoms with E-state index < -0.39 is 0 Å². The molecule has 3 nitrogen and oxygen atoms in total. The Morgan fingerprint density at radius 2 is 2.21 bits per heavy atom. The van der Waals surface area contributed by atoms with E-state index in [1.165, 1.54) is 5.56 Å². The van der Waals surface area contributed by atoms with E-state index >= 15 is 0 Å². The molecule has 104 valence electrons. The number of aryl methyl sites for hydroxylation is 1. The highest BCUT2D eigenvalue weighted by molar-refractivity contribution is 5.98. The zero-order valence-corrected chi connectivity index (χ0v) is 11.8. The van der Waals surface area contributed by atoms with Gasteiger partial charge < -0.3 is 10.1 Å². The zero-order valence-electron chi connectivity index (χ0n) is 11.8. The molecule has 2 atom stereocenters. The van der Waals surface area contributed by atoms with Gasteiger partial charge in [0, 0.05) is 11.6 Å². The van der Waals surface area contributed by atoms with Crippen molar-refractivity contribution in [2.45, 2.75) is 32.7 Å². The van der Waals surface area contributed by atoms with Crippen LogP contribution in [0, 0.1) is 5.92 Å². The molecule has 1 saturated heterocycles. The van der Waals surface area contributed by atoms with Crippen molar-refractivity contribution in [2.75, 3.05) is 19.8 Å². The summed E-state index contributed by atoms with van der Waals surface area (Å²) >= 11 is 0. The highest BCUT2D eigenvalue weighted by atomic mass is 16.5. The van der Waals surface area contributed by atoms with Gasteiger partial charge >= 0.3 is 0 Å². The normalized spacial score (nSPS) is 22.6. The van der Waals surface area contributed by atoms with Crippen molar-refractivity contribution in [1.29, 1.82) is 0 Å². The summed E-state index contributed by atoms with van der Waals surface area (Å²) in [5.74, 6) is 0.167. The van der Waals surface area contributed by atoms with Crippen molar-refractivity contribution in [3.63, 3.8) is 0 Å². The molecule has 1 heterocycles. The third kappa shape index (κ3) is 3.43. The maximum Gasteiger partial charge on any atom is 0.169 e. The third-order valence-electron chi connectivity index (χ3n) is 3.69. The van der Waals surface area contributed by atoms with Gasteiger partial charge in [0.05, 0.1) is 19.1 Å². The van der Waals surface area contributed by atoms with Gasteiger partial charge in [0.25, 0.3) is 0 Å². The van der Waals surface area contributed by atoms with Crippen LogP contribution in [-0.2, 0) is 11.2 Å². The number of rotatable bonds is 6. The molecular formula is C16H23NO2. The summed E-state index contributed by atoms with van der Waals surface area (Å²) in [6, 6.07) is 8.12. The molecule has 0 amide bonds. The monoisotopic (exact) mass is 261 g/mol. The number of hydrogen-bond donors (Lipinski definition) is 1. The molecule has 0 spiro atoms. The maximum atomic E-state index is 12.6. The van der Waals surface area contributed by atoms with Crippen molar-refractivity contribution >= 4 is 5.78 Å². The molecule has 1 aliphatic heterocycles. The summed E-state index contributed by atoms with van der Waals surface area (Å²) in [6.07, 6.45) is 2.03. The lowest BCUT2D eigenvalue weighted by molar-refractivity contribution is 0.0891. The largest absolute Gasteiger partial charge is 0.379 e. The van der Waals surface area contributed by atoms with Gasteiger partial charge in [0.2, 0.25) is 0 Å². The molecule has 0 aromatic heterocycles. The predicted octanol–water partition coefficient (Wildman–Crippen LogP) is 2.45. The number of Topliss-reactive ketones (excluding diaryl/α,β-unsaturated/α-hetero) is 1. The van der Waals surface area contributed by atoms with Crippen molar-refractivity contribution in [1.82, 2.24) is 5.32 Å². The molecule has 2 rings (SSSR count). The van der Waals surface area contributed by atoms with E-state index in [0.717, 1.165) is 24.9 Å². The Bertz CT molecular complexity index is 431. The fraction of sp³-hybridized carbons (Fsp3) is 0.562. The Morgan fingerprint density at radius 1 is 1.37 bits per heavy atom. The fourth-order valence-electron chi connectivity index (χ4n) is 2.50. The van der Waals surface area contributed by atoms with Crippen LogP contribution in [0.5, 0.6) is 0 Å². The summed E-state index contributed by atoms with van der Waals surface area (Å²) in [7, 11) is 0. The lowest BCUT2D eigenvalue weighted by Gasteiger charge is -2.18. The molecule has 1 fully saturated rings. The molecule has 1 N–H and O–H groups in total. The summed E-state index contributed by atoms with van der Waals surface area (Å²) in [6.45, 7) is 6.35. The van der Waals surface area contributed by atoms with Crippen molar-refractivity contribution in [3.8, 4) is 0 Å². The molecule has 1 aliphatic rings. The number of ether oxygens (including phenoxy) is 1. The number of nitrogens with one attached hydrogen (secondary N) is 1. The minimum absolute atomic E-state index is 0.0429. The van der Waals surface area contributed by atoms with Gasteiger partial charge in [0.1, 0.15) is 0 Å². The number of hydrogen-bond acceptors (Lipinski definition) is 3. The number of carbonyl (C=O) groups excluding carboxylic acids is 1. The van der Waals surface area contributed by atoms with E-state index in [0.29, 0.717) is 13.2 Å². The molecule has 0 saturated carbocycles. The predicted molar refractivity (Wildman–Crippen MR) is 76.5 cm³/mol. The van der Waals surface area contributed by atoms with Gasteiger partial charge in [-0.3, -0.25) is 4.79 Å². The van der Waals surface area contributed by atoms with Crippen LogP contribution < -0.4 is 5.32 Å². The molecule has 1 aromatic rings. The van der Waals surface area contributed by atoms with E-state index in [-0.39, 0.29) is 17.7 Å². The van der Waals surface area contributed by atoms with Gasteiger partial charge in [-0.2, -0.15) is 0 Å². The Labute approximate surface area is 115 Å². The lowest BCUT2D eigenvalue weighted by atomic mass is 9.92. The molecule has 2 unspecified atom stereocenters. The van der Waals surface area contributed by atoms with E-state index in [9.17, 15) is 4.79 Å². The topological polar surface area (TPSA) is 38.3 Å². The van der Waals surface area contributed by atoms with Crippen LogP contribution in [-0.4, -0.2) is 31.6 Å². The molecule has 3 heteroatoms. The summed E-state index contributed by atoms with van der Waals surface area (Å²) in [5, 5.41) is 3.41. The van der Waals surface area contributed by atoms with Crippen LogP contribution in [0.4, 0.5) is 0 Å². The van der Waals surface area contributed by atoms with Crippen molar-refractivity contribution in [2.24, 2.45) is 5.92 Å². The summed E-state index contributed by atoms with van der Waals surface area (Å²) in [5.41, 5.74) is 2.03. The SMILES string of the molecule is CCCNC1COCC1C(=O)c1cccc(CC)c1. The Morgan fingerprint density at radius 3 is 2.95 bits per heavy atom. The van der Waals surface area contributed by atoms with Crippen LogP contribution in [0.3, 0.4) is 0 Å². The first kappa shape index (κ1) is 14.2. The Hall–Kier alpha value is -1.19. The van der Waals surface area contributed by atoms with Crippen LogP contribution >= 0.6 is 0 Å². The molecule has 0 bridgehead atoms. The molecule has 0 aliphatic carbocycles. The summed E-state index contributed by atoms with van der Waals surface area (Å²) < 4.78 is 5.48. The minimum Gasteiger partial charge on any atom is -0.379 e. The number of benzene rings is 1. The Kier molecular flexibility index (Phi) is 5.11. The van der Waals surface area contributed by atoms with Crippen LogP contribution in [0.15, 0.2) is 24.3 Å². The van der Waals surface area contributed by atoms with Crippen LogP contribution in [0.25, 0.3) is 0 Å². The second-order valence-electron chi connectivity index (χ2n) is 5.12. The zero-order chi connectivity index (χ0) is 13.7. The number of carbonyl (C=O) groups is 1. The maximum absolute atomic E-state index is 12.6. The third-order valence-corrected chi connectivity index (χ3v) is 3.69.